The van der Waals surface area contributed by atoms with Crippen molar-refractivity contribution in [2.24, 2.45) is 0 Å². The number of benzene rings is 2. The monoisotopic (exact) mass is 394 g/mol. The molecular formula is C24H30N2O3. The maximum atomic E-state index is 12.5. The topological polar surface area (TPSA) is 49.9 Å². The zero-order valence-electron chi connectivity index (χ0n) is 17.4. The first-order valence-corrected chi connectivity index (χ1v) is 10.4. The van der Waals surface area contributed by atoms with E-state index in [4.69, 9.17) is 4.74 Å². The molecule has 2 aromatic rings. The predicted molar refractivity (Wildman–Crippen MR) is 114 cm³/mol. The lowest BCUT2D eigenvalue weighted by Gasteiger charge is -2.34. The number of piperazine rings is 1. The number of hydrogen-bond acceptors (Lipinski definition) is 3. The van der Waals surface area contributed by atoms with Crippen LogP contribution >= 0.6 is 0 Å². The molecule has 2 amide bonds. The van der Waals surface area contributed by atoms with Crippen LogP contribution in [0.15, 0.2) is 48.5 Å². The number of amides is 2. The first kappa shape index (κ1) is 20.9. The summed E-state index contributed by atoms with van der Waals surface area (Å²) in [6.07, 6.45) is 2.29. The van der Waals surface area contributed by atoms with Gasteiger partial charge in [-0.1, -0.05) is 48.9 Å². The van der Waals surface area contributed by atoms with Crippen LogP contribution in [0.1, 0.15) is 30.0 Å². The highest BCUT2D eigenvalue weighted by Gasteiger charge is 2.24. The maximum absolute atomic E-state index is 12.5. The summed E-state index contributed by atoms with van der Waals surface area (Å²) in [5, 5.41) is 0. The van der Waals surface area contributed by atoms with Gasteiger partial charge in [-0.15, -0.1) is 0 Å². The van der Waals surface area contributed by atoms with E-state index in [9.17, 15) is 9.59 Å². The van der Waals surface area contributed by atoms with Gasteiger partial charge in [0.25, 0.3) is 5.91 Å². The van der Waals surface area contributed by atoms with Crippen molar-refractivity contribution in [2.45, 2.75) is 33.1 Å². The van der Waals surface area contributed by atoms with Crippen LogP contribution in [-0.4, -0.2) is 54.4 Å². The van der Waals surface area contributed by atoms with Crippen LogP contribution in [0.25, 0.3) is 0 Å². The summed E-state index contributed by atoms with van der Waals surface area (Å²) in [6, 6.07) is 16.1. The van der Waals surface area contributed by atoms with Crippen LogP contribution in [0.5, 0.6) is 5.75 Å². The second-order valence-corrected chi connectivity index (χ2v) is 7.53. The molecule has 5 heteroatoms. The molecule has 1 heterocycles. The number of nitrogens with zero attached hydrogens (tertiary/aromatic N) is 2. The van der Waals surface area contributed by atoms with E-state index in [-0.39, 0.29) is 18.4 Å². The van der Waals surface area contributed by atoms with Gasteiger partial charge in [-0.3, -0.25) is 9.59 Å². The fraction of sp³-hybridized carbons (Fsp3) is 0.417. The normalized spacial score (nSPS) is 14.0. The zero-order chi connectivity index (χ0) is 20.6. The van der Waals surface area contributed by atoms with E-state index in [2.05, 4.69) is 31.2 Å². The van der Waals surface area contributed by atoms with E-state index in [0.717, 1.165) is 18.4 Å². The van der Waals surface area contributed by atoms with E-state index < -0.39 is 0 Å². The molecule has 0 bridgehead atoms. The van der Waals surface area contributed by atoms with E-state index in [1.165, 1.54) is 11.1 Å². The number of aryl methyl sites for hydroxylation is 3. The molecular weight excluding hydrogens is 364 g/mol. The Labute approximate surface area is 173 Å². The number of ether oxygens (including phenoxy) is 1. The van der Waals surface area contributed by atoms with Crippen LogP contribution in [0.4, 0.5) is 0 Å². The fourth-order valence-electron chi connectivity index (χ4n) is 3.43. The molecule has 0 radical (unpaired) electrons. The van der Waals surface area contributed by atoms with E-state index >= 15 is 0 Å². The second-order valence-electron chi connectivity index (χ2n) is 7.53. The van der Waals surface area contributed by atoms with Gasteiger partial charge in [0.1, 0.15) is 5.75 Å². The van der Waals surface area contributed by atoms with Gasteiger partial charge in [0.05, 0.1) is 0 Å². The number of carbonyl (C=O) groups excluding carboxylic acids is 2. The quantitative estimate of drug-likeness (QED) is 0.724. The minimum atomic E-state index is -0.0336. The van der Waals surface area contributed by atoms with Crippen molar-refractivity contribution in [3.05, 3.63) is 65.2 Å². The summed E-state index contributed by atoms with van der Waals surface area (Å²) < 4.78 is 5.58. The predicted octanol–water partition coefficient (Wildman–Crippen LogP) is 3.24. The summed E-state index contributed by atoms with van der Waals surface area (Å²) in [7, 11) is 0. The molecule has 1 saturated heterocycles. The minimum absolute atomic E-state index is 0.0325. The highest BCUT2D eigenvalue weighted by Crippen LogP contribution is 2.13. The Balaban J connectivity index is 1.38. The van der Waals surface area contributed by atoms with Crippen molar-refractivity contribution in [1.29, 1.82) is 0 Å². The largest absolute Gasteiger partial charge is 0.484 e. The minimum Gasteiger partial charge on any atom is -0.484 e. The summed E-state index contributed by atoms with van der Waals surface area (Å²) in [5.74, 6) is 0.825. The molecule has 0 spiro atoms. The molecule has 2 aromatic carbocycles. The third-order valence-corrected chi connectivity index (χ3v) is 5.43. The average Bonchev–Trinajstić information content (AvgIpc) is 2.77. The summed E-state index contributed by atoms with van der Waals surface area (Å²) in [4.78, 5) is 28.5. The second kappa shape index (κ2) is 10.1. The summed E-state index contributed by atoms with van der Waals surface area (Å²) in [6.45, 7) is 6.48. The first-order chi connectivity index (χ1) is 14.0. The lowest BCUT2D eigenvalue weighted by atomic mass is 10.1. The Hall–Kier alpha value is -2.82. The number of hydrogen-bond donors (Lipinski definition) is 0. The van der Waals surface area contributed by atoms with Crippen molar-refractivity contribution in [2.75, 3.05) is 32.8 Å². The lowest BCUT2D eigenvalue weighted by molar-refractivity contribution is -0.140. The third-order valence-electron chi connectivity index (χ3n) is 5.43. The van der Waals surface area contributed by atoms with E-state index in [1.54, 1.807) is 4.90 Å². The molecule has 0 atom stereocenters. The van der Waals surface area contributed by atoms with Gasteiger partial charge in [0, 0.05) is 32.6 Å². The van der Waals surface area contributed by atoms with Crippen LogP contribution in [0.3, 0.4) is 0 Å². The van der Waals surface area contributed by atoms with E-state index in [0.29, 0.717) is 38.3 Å². The number of rotatable bonds is 7. The van der Waals surface area contributed by atoms with Gasteiger partial charge < -0.3 is 14.5 Å². The van der Waals surface area contributed by atoms with Crippen molar-refractivity contribution >= 4 is 11.8 Å². The Bertz CT molecular complexity index is 807. The Morgan fingerprint density at radius 1 is 0.828 bits per heavy atom. The maximum Gasteiger partial charge on any atom is 0.260 e. The molecule has 3 rings (SSSR count). The summed E-state index contributed by atoms with van der Waals surface area (Å²) >= 11 is 0. The molecule has 1 aliphatic heterocycles. The Kier molecular flexibility index (Phi) is 7.28. The zero-order valence-corrected chi connectivity index (χ0v) is 17.4. The standard InChI is InChI=1S/C24H30N2O3/c1-3-20-6-8-21(9-7-20)10-13-23(27)25-14-16-26(17-15-25)24(28)18-29-22-11-4-19(2)5-12-22/h4-9,11-12H,3,10,13-18H2,1-2H3. The van der Waals surface area contributed by atoms with Crippen LogP contribution < -0.4 is 4.74 Å². The highest BCUT2D eigenvalue weighted by molar-refractivity contribution is 5.79. The Morgan fingerprint density at radius 3 is 1.97 bits per heavy atom. The molecule has 0 saturated carbocycles. The van der Waals surface area contributed by atoms with Crippen LogP contribution in [0, 0.1) is 6.92 Å². The van der Waals surface area contributed by atoms with Crippen molar-refractivity contribution < 1.29 is 14.3 Å². The van der Waals surface area contributed by atoms with Crippen LogP contribution in [-0.2, 0) is 22.4 Å². The van der Waals surface area contributed by atoms with Gasteiger partial charge in [-0.2, -0.15) is 0 Å². The molecule has 0 N–H and O–H groups in total. The van der Waals surface area contributed by atoms with Gasteiger partial charge in [0.15, 0.2) is 6.61 Å². The molecule has 154 valence electrons. The molecule has 5 nitrogen and oxygen atoms in total. The molecule has 0 aromatic heterocycles. The lowest BCUT2D eigenvalue weighted by Crippen LogP contribution is -2.51. The van der Waals surface area contributed by atoms with Crippen LogP contribution in [0.2, 0.25) is 0 Å². The SMILES string of the molecule is CCc1ccc(CCC(=O)N2CCN(C(=O)COc3ccc(C)cc3)CC2)cc1. The number of carbonyl (C=O) groups is 2. The van der Waals surface area contributed by atoms with Gasteiger partial charge >= 0.3 is 0 Å². The molecule has 0 aliphatic carbocycles. The van der Waals surface area contributed by atoms with Crippen molar-refractivity contribution in [3.8, 4) is 5.75 Å². The van der Waals surface area contributed by atoms with Gasteiger partial charge in [-0.05, 0) is 43.0 Å². The van der Waals surface area contributed by atoms with Gasteiger partial charge in [-0.25, -0.2) is 0 Å². The highest BCUT2D eigenvalue weighted by atomic mass is 16.5. The fourth-order valence-corrected chi connectivity index (χ4v) is 3.43. The van der Waals surface area contributed by atoms with E-state index in [1.807, 2.05) is 36.1 Å². The van der Waals surface area contributed by atoms with Crippen molar-refractivity contribution in [1.82, 2.24) is 9.80 Å². The molecule has 1 aliphatic rings. The third kappa shape index (κ3) is 6.08. The smallest absolute Gasteiger partial charge is 0.260 e. The average molecular weight is 395 g/mol. The van der Waals surface area contributed by atoms with Gasteiger partial charge in [0.2, 0.25) is 5.91 Å². The summed E-state index contributed by atoms with van der Waals surface area (Å²) in [5.41, 5.74) is 3.66. The molecule has 1 fully saturated rings. The molecule has 0 unspecified atom stereocenters. The first-order valence-electron chi connectivity index (χ1n) is 10.4. The molecule has 29 heavy (non-hydrogen) atoms. The Morgan fingerprint density at radius 2 is 1.38 bits per heavy atom. The van der Waals surface area contributed by atoms with Crippen molar-refractivity contribution in [3.63, 3.8) is 0 Å².